The Hall–Kier alpha value is -2.17. The lowest BCUT2D eigenvalue weighted by atomic mass is 10.2. The average Bonchev–Trinajstić information content (AvgIpc) is 2.75. The quantitative estimate of drug-likeness (QED) is 0.780. The van der Waals surface area contributed by atoms with Crippen LogP contribution in [0.5, 0.6) is 11.5 Å². The van der Waals surface area contributed by atoms with Gasteiger partial charge in [0.2, 0.25) is 0 Å². The average molecular weight is 217 g/mol. The predicted octanol–water partition coefficient (Wildman–Crippen LogP) is 1.23. The van der Waals surface area contributed by atoms with Gasteiger partial charge in [0.05, 0.1) is 5.69 Å². The first-order valence-corrected chi connectivity index (χ1v) is 5.04. The molecule has 0 unspecified atom stereocenters. The van der Waals surface area contributed by atoms with Crippen LogP contribution in [0.4, 0.5) is 5.82 Å². The van der Waals surface area contributed by atoms with Gasteiger partial charge in [-0.25, -0.2) is 4.68 Å². The van der Waals surface area contributed by atoms with E-state index in [0.717, 1.165) is 17.2 Å². The highest BCUT2D eigenvalue weighted by molar-refractivity contribution is 5.49. The molecule has 0 saturated carbocycles. The molecule has 5 nitrogen and oxygen atoms in total. The summed E-state index contributed by atoms with van der Waals surface area (Å²) in [7, 11) is 0. The van der Waals surface area contributed by atoms with Crippen LogP contribution in [0.2, 0.25) is 0 Å². The van der Waals surface area contributed by atoms with Crippen LogP contribution in [-0.4, -0.2) is 23.0 Å². The summed E-state index contributed by atoms with van der Waals surface area (Å²) in [5, 5.41) is 4.13. The third-order valence-electron chi connectivity index (χ3n) is 2.40. The lowest BCUT2D eigenvalue weighted by Gasteiger charge is -2.18. The zero-order valence-electron chi connectivity index (χ0n) is 8.59. The molecule has 82 valence electrons. The van der Waals surface area contributed by atoms with E-state index in [4.69, 9.17) is 15.2 Å². The van der Waals surface area contributed by atoms with Gasteiger partial charge in [0.1, 0.15) is 19.0 Å². The Bertz CT molecular complexity index is 522. The Morgan fingerprint density at radius 1 is 1.12 bits per heavy atom. The zero-order chi connectivity index (χ0) is 11.0. The first kappa shape index (κ1) is 9.08. The Labute approximate surface area is 92.4 Å². The lowest BCUT2D eigenvalue weighted by molar-refractivity contribution is 0.171. The molecule has 1 aromatic carbocycles. The van der Waals surface area contributed by atoms with Crippen LogP contribution in [0.15, 0.2) is 30.5 Å². The number of rotatable bonds is 1. The van der Waals surface area contributed by atoms with Crippen molar-refractivity contribution in [1.29, 1.82) is 0 Å². The fraction of sp³-hybridized carbons (Fsp3) is 0.182. The molecule has 2 heterocycles. The predicted molar refractivity (Wildman–Crippen MR) is 59.0 cm³/mol. The number of nitrogen functional groups attached to an aromatic ring is 1. The molecule has 1 aromatic heterocycles. The van der Waals surface area contributed by atoms with Gasteiger partial charge in [0.25, 0.3) is 0 Å². The second-order valence-corrected chi connectivity index (χ2v) is 3.51. The van der Waals surface area contributed by atoms with E-state index in [9.17, 15) is 0 Å². The summed E-state index contributed by atoms with van der Waals surface area (Å²) in [6, 6.07) is 7.43. The van der Waals surface area contributed by atoms with Crippen LogP contribution in [-0.2, 0) is 0 Å². The molecule has 1 aliphatic heterocycles. The van der Waals surface area contributed by atoms with Gasteiger partial charge in [0.15, 0.2) is 11.5 Å². The Balaban J connectivity index is 2.02. The highest BCUT2D eigenvalue weighted by Gasteiger charge is 2.12. The minimum Gasteiger partial charge on any atom is -0.486 e. The third-order valence-corrected chi connectivity index (χ3v) is 2.40. The molecule has 5 heteroatoms. The Kier molecular flexibility index (Phi) is 1.96. The molecule has 0 bridgehead atoms. The number of nitrogens with zero attached hydrogens (tertiary/aromatic N) is 2. The second kappa shape index (κ2) is 3.44. The number of anilines is 1. The van der Waals surface area contributed by atoms with Crippen molar-refractivity contribution < 1.29 is 9.47 Å². The molecule has 0 radical (unpaired) electrons. The van der Waals surface area contributed by atoms with Gasteiger partial charge < -0.3 is 15.2 Å². The number of hydrogen-bond donors (Lipinski definition) is 1. The SMILES string of the molecule is Nc1ccn(-c2ccc3c(c2)OCCO3)n1. The van der Waals surface area contributed by atoms with Crippen LogP contribution >= 0.6 is 0 Å². The Morgan fingerprint density at radius 3 is 2.69 bits per heavy atom. The summed E-state index contributed by atoms with van der Waals surface area (Å²) in [5.41, 5.74) is 6.47. The van der Waals surface area contributed by atoms with E-state index in [-0.39, 0.29) is 0 Å². The maximum Gasteiger partial charge on any atom is 0.163 e. The molecule has 0 aliphatic carbocycles. The highest BCUT2D eigenvalue weighted by atomic mass is 16.6. The summed E-state index contributed by atoms with van der Waals surface area (Å²) in [5.74, 6) is 2.02. The minimum atomic E-state index is 0.495. The molecule has 0 spiro atoms. The van der Waals surface area contributed by atoms with Crippen LogP contribution in [0.25, 0.3) is 5.69 Å². The zero-order valence-corrected chi connectivity index (χ0v) is 8.59. The first-order valence-electron chi connectivity index (χ1n) is 5.04. The van der Waals surface area contributed by atoms with Gasteiger partial charge >= 0.3 is 0 Å². The largest absolute Gasteiger partial charge is 0.486 e. The smallest absolute Gasteiger partial charge is 0.163 e. The van der Waals surface area contributed by atoms with E-state index in [1.807, 2.05) is 18.2 Å². The van der Waals surface area contributed by atoms with Crippen molar-refractivity contribution in [3.63, 3.8) is 0 Å². The maximum absolute atomic E-state index is 5.57. The minimum absolute atomic E-state index is 0.495. The van der Waals surface area contributed by atoms with Crippen molar-refractivity contribution in [2.24, 2.45) is 0 Å². The summed E-state index contributed by atoms with van der Waals surface area (Å²) in [6.07, 6.45) is 1.81. The number of nitrogens with two attached hydrogens (primary N) is 1. The summed E-state index contributed by atoms with van der Waals surface area (Å²) < 4.78 is 12.6. The maximum atomic E-state index is 5.57. The molecular weight excluding hydrogens is 206 g/mol. The highest BCUT2D eigenvalue weighted by Crippen LogP contribution is 2.31. The van der Waals surface area contributed by atoms with E-state index < -0.39 is 0 Å². The van der Waals surface area contributed by atoms with Crippen molar-refractivity contribution in [3.05, 3.63) is 30.5 Å². The fourth-order valence-corrected chi connectivity index (χ4v) is 1.66. The Morgan fingerprint density at radius 2 is 1.94 bits per heavy atom. The van der Waals surface area contributed by atoms with Crippen LogP contribution < -0.4 is 15.2 Å². The van der Waals surface area contributed by atoms with E-state index in [0.29, 0.717) is 19.0 Å². The van der Waals surface area contributed by atoms with Crippen molar-refractivity contribution in [2.45, 2.75) is 0 Å². The molecule has 1 aliphatic rings. The molecule has 2 aromatic rings. The monoisotopic (exact) mass is 217 g/mol. The molecule has 3 rings (SSSR count). The third kappa shape index (κ3) is 1.46. The number of hydrogen-bond acceptors (Lipinski definition) is 4. The van der Waals surface area contributed by atoms with Crippen molar-refractivity contribution >= 4 is 5.82 Å². The van der Waals surface area contributed by atoms with Crippen molar-refractivity contribution in [3.8, 4) is 17.2 Å². The van der Waals surface area contributed by atoms with Crippen LogP contribution in [0.1, 0.15) is 0 Å². The van der Waals surface area contributed by atoms with E-state index in [1.165, 1.54) is 0 Å². The van der Waals surface area contributed by atoms with Gasteiger partial charge in [-0.3, -0.25) is 0 Å². The fourth-order valence-electron chi connectivity index (χ4n) is 1.66. The van der Waals surface area contributed by atoms with E-state index in [2.05, 4.69) is 5.10 Å². The molecule has 16 heavy (non-hydrogen) atoms. The first-order chi connectivity index (χ1) is 7.83. The number of aromatic nitrogens is 2. The van der Waals surface area contributed by atoms with E-state index in [1.54, 1.807) is 16.9 Å². The van der Waals surface area contributed by atoms with Crippen LogP contribution in [0, 0.1) is 0 Å². The number of ether oxygens (including phenoxy) is 2. The molecular formula is C11H11N3O2. The summed E-state index contributed by atoms with van der Waals surface area (Å²) in [6.45, 7) is 1.18. The van der Waals surface area contributed by atoms with Gasteiger partial charge in [-0.1, -0.05) is 0 Å². The van der Waals surface area contributed by atoms with Gasteiger partial charge in [-0.15, -0.1) is 0 Å². The molecule has 0 amide bonds. The lowest BCUT2D eigenvalue weighted by Crippen LogP contribution is -2.15. The van der Waals surface area contributed by atoms with Gasteiger partial charge in [-0.05, 0) is 12.1 Å². The molecule has 0 saturated heterocycles. The topological polar surface area (TPSA) is 62.3 Å². The molecule has 0 fully saturated rings. The van der Waals surface area contributed by atoms with Crippen molar-refractivity contribution in [1.82, 2.24) is 9.78 Å². The normalized spacial score (nSPS) is 13.8. The summed E-state index contributed by atoms with van der Waals surface area (Å²) in [4.78, 5) is 0. The molecule has 2 N–H and O–H groups in total. The van der Waals surface area contributed by atoms with E-state index >= 15 is 0 Å². The van der Waals surface area contributed by atoms with Crippen molar-refractivity contribution in [2.75, 3.05) is 18.9 Å². The summed E-state index contributed by atoms with van der Waals surface area (Å²) >= 11 is 0. The number of fused-ring (bicyclic) bond motifs is 1. The van der Waals surface area contributed by atoms with Gasteiger partial charge in [-0.2, -0.15) is 5.10 Å². The molecule has 0 atom stereocenters. The van der Waals surface area contributed by atoms with Gasteiger partial charge in [0, 0.05) is 18.3 Å². The standard InChI is InChI=1S/C11H11N3O2/c12-11-3-4-14(13-11)8-1-2-9-10(7-8)16-6-5-15-9/h1-4,7H,5-6H2,(H2,12,13). The number of benzene rings is 1. The second-order valence-electron chi connectivity index (χ2n) is 3.51. The van der Waals surface area contributed by atoms with Crippen LogP contribution in [0.3, 0.4) is 0 Å².